The van der Waals surface area contributed by atoms with E-state index in [1.54, 1.807) is 13.2 Å². The number of hydrogen-bond donors (Lipinski definition) is 4. The molecule has 284 valence electrons. The molecular weight excluding hydrogens is 692 g/mol. The number of sulfonamides is 1. The number of amides is 4. The average Bonchev–Trinajstić information content (AvgIpc) is 4.00. The lowest BCUT2D eigenvalue weighted by molar-refractivity contribution is -0.140. The van der Waals surface area contributed by atoms with Crippen molar-refractivity contribution in [2.24, 2.45) is 17.8 Å². The summed E-state index contributed by atoms with van der Waals surface area (Å²) in [6.07, 6.45) is 7.52. The Morgan fingerprint density at radius 3 is 2.42 bits per heavy atom. The van der Waals surface area contributed by atoms with Gasteiger partial charge in [0, 0.05) is 12.0 Å². The minimum atomic E-state index is -3.87. The molecule has 4 N–H and O–H groups in total. The first kappa shape index (κ1) is 37.5. The maximum absolute atomic E-state index is 14.3. The van der Waals surface area contributed by atoms with Crippen molar-refractivity contribution in [3.63, 3.8) is 0 Å². The van der Waals surface area contributed by atoms with E-state index in [-0.39, 0.29) is 24.8 Å². The predicted molar refractivity (Wildman–Crippen MR) is 190 cm³/mol. The van der Waals surface area contributed by atoms with Gasteiger partial charge in [-0.15, -0.1) is 0 Å². The van der Waals surface area contributed by atoms with Crippen LogP contribution in [0.15, 0.2) is 18.2 Å². The van der Waals surface area contributed by atoms with E-state index in [0.717, 1.165) is 25.2 Å². The number of hydrogen-bond acceptors (Lipinski definition) is 10. The molecule has 2 aromatic rings. The van der Waals surface area contributed by atoms with Crippen LogP contribution in [0.5, 0.6) is 11.6 Å². The SMILES string of the molecule is CC[C@@H]1[C@@H](Oc2nc3cc(OC)ccc3nc2CCCCCC2CC2)CN(C(=O)CNC(=O)O)[C@@H]1C(=O)N[C@]1(C(=O)NS(=O)(=O)C2CC2)C[C@H]1CC. The van der Waals surface area contributed by atoms with E-state index in [0.29, 0.717) is 54.6 Å². The summed E-state index contributed by atoms with van der Waals surface area (Å²) >= 11 is 0. The third-order valence-electron chi connectivity index (χ3n) is 11.0. The Hall–Kier alpha value is -4.21. The van der Waals surface area contributed by atoms with Gasteiger partial charge in [0.15, 0.2) is 0 Å². The highest BCUT2D eigenvalue weighted by Crippen LogP contribution is 2.47. The van der Waals surface area contributed by atoms with Crippen molar-refractivity contribution >= 4 is 44.9 Å². The lowest BCUT2D eigenvalue weighted by Gasteiger charge is -2.29. The molecule has 3 aliphatic carbocycles. The first-order valence-corrected chi connectivity index (χ1v) is 20.1. The van der Waals surface area contributed by atoms with Crippen molar-refractivity contribution in [2.75, 3.05) is 20.2 Å². The van der Waals surface area contributed by atoms with Gasteiger partial charge in [-0.25, -0.2) is 23.2 Å². The molecule has 15 nitrogen and oxygen atoms in total. The fourth-order valence-electron chi connectivity index (χ4n) is 7.51. The number of carbonyl (C=O) groups is 4. The second-order valence-corrected chi connectivity index (χ2v) is 16.7. The lowest BCUT2D eigenvalue weighted by atomic mass is 9.93. The topological polar surface area (TPSA) is 206 Å². The molecule has 2 heterocycles. The fraction of sp³-hybridized carbons (Fsp3) is 0.667. The molecule has 1 saturated heterocycles. The number of fused-ring (bicyclic) bond motifs is 1. The Morgan fingerprint density at radius 1 is 1.02 bits per heavy atom. The van der Waals surface area contributed by atoms with Crippen LogP contribution in [0.25, 0.3) is 11.0 Å². The number of carbonyl (C=O) groups excluding carboxylic acids is 3. The third kappa shape index (κ3) is 8.37. The van der Waals surface area contributed by atoms with Gasteiger partial charge < -0.3 is 30.1 Å². The zero-order valence-corrected chi connectivity index (χ0v) is 30.9. The van der Waals surface area contributed by atoms with E-state index in [1.807, 2.05) is 26.0 Å². The van der Waals surface area contributed by atoms with E-state index >= 15 is 0 Å². The summed E-state index contributed by atoms with van der Waals surface area (Å²) in [5, 5.41) is 13.5. The Labute approximate surface area is 304 Å². The number of aromatic nitrogens is 2. The molecule has 6 rings (SSSR count). The quantitative estimate of drug-likeness (QED) is 0.163. The first-order valence-electron chi connectivity index (χ1n) is 18.5. The van der Waals surface area contributed by atoms with Gasteiger partial charge in [0.2, 0.25) is 27.7 Å². The summed E-state index contributed by atoms with van der Waals surface area (Å²) in [7, 11) is -2.31. The van der Waals surface area contributed by atoms with Crippen LogP contribution in [-0.2, 0) is 30.8 Å². The number of carboxylic acid groups (broad SMARTS) is 1. The van der Waals surface area contributed by atoms with Crippen molar-refractivity contribution in [3.8, 4) is 11.6 Å². The number of nitrogens with zero attached hydrogens (tertiary/aromatic N) is 3. The highest BCUT2D eigenvalue weighted by molar-refractivity contribution is 7.91. The van der Waals surface area contributed by atoms with E-state index in [9.17, 15) is 32.7 Å². The highest BCUT2D eigenvalue weighted by atomic mass is 32.2. The number of likely N-dealkylation sites (tertiary alicyclic amines) is 1. The Balaban J connectivity index is 1.27. The first-order chi connectivity index (χ1) is 24.9. The van der Waals surface area contributed by atoms with Crippen LogP contribution in [0.2, 0.25) is 0 Å². The molecule has 1 aromatic carbocycles. The van der Waals surface area contributed by atoms with Gasteiger partial charge in [-0.05, 0) is 62.5 Å². The summed E-state index contributed by atoms with van der Waals surface area (Å²) in [5.41, 5.74) is 0.442. The molecular formula is C36H50N6O9S. The van der Waals surface area contributed by atoms with Crippen LogP contribution < -0.4 is 24.8 Å². The molecule has 1 aliphatic heterocycles. The minimum Gasteiger partial charge on any atom is -0.497 e. The van der Waals surface area contributed by atoms with Crippen molar-refractivity contribution in [3.05, 3.63) is 23.9 Å². The smallest absolute Gasteiger partial charge is 0.405 e. The zero-order chi connectivity index (χ0) is 37.2. The molecule has 0 spiro atoms. The monoisotopic (exact) mass is 742 g/mol. The van der Waals surface area contributed by atoms with Crippen LogP contribution in [0.1, 0.15) is 90.2 Å². The van der Waals surface area contributed by atoms with Gasteiger partial charge in [-0.3, -0.25) is 19.1 Å². The van der Waals surface area contributed by atoms with Gasteiger partial charge in [0.05, 0.1) is 29.9 Å². The largest absolute Gasteiger partial charge is 0.497 e. The van der Waals surface area contributed by atoms with E-state index in [1.165, 1.54) is 24.2 Å². The van der Waals surface area contributed by atoms with Crippen LogP contribution in [0.4, 0.5) is 4.79 Å². The molecule has 0 unspecified atom stereocenters. The standard InChI is InChI=1S/C36H50N6O9S/c1-4-22-18-36(22,34(45)41-52(48,49)24-14-15-24)40-32(44)31-25(5-2)29(20-42(31)30(43)19-37-35(46)47)51-33-27(10-8-6-7-9-21-11-12-21)38-26-16-13-23(50-3)17-28(26)39-33/h13,16-17,21-22,24-25,29,31,37H,4-12,14-15,18-20H2,1-3H3,(H,40,44)(H,41,45)(H,46,47)/t22-,25-,29+,31+,36-/m1/s1. The Bertz CT molecular complexity index is 1800. The minimum absolute atomic E-state index is 0.0537. The Morgan fingerprint density at radius 2 is 1.79 bits per heavy atom. The number of ether oxygens (including phenoxy) is 2. The number of benzene rings is 1. The molecule has 1 aromatic heterocycles. The van der Waals surface area contributed by atoms with Crippen LogP contribution in [0.3, 0.4) is 0 Å². The second-order valence-electron chi connectivity index (χ2n) is 14.7. The van der Waals surface area contributed by atoms with Gasteiger partial charge in [-0.1, -0.05) is 52.4 Å². The maximum Gasteiger partial charge on any atom is 0.405 e. The van der Waals surface area contributed by atoms with Gasteiger partial charge in [0.25, 0.3) is 5.91 Å². The summed E-state index contributed by atoms with van der Waals surface area (Å²) in [6.45, 7) is 3.08. The normalized spacial score (nSPS) is 25.4. The Kier molecular flexibility index (Phi) is 11.1. The molecule has 5 atom stereocenters. The predicted octanol–water partition coefficient (Wildman–Crippen LogP) is 3.30. The molecule has 3 saturated carbocycles. The molecule has 16 heteroatoms. The summed E-state index contributed by atoms with van der Waals surface area (Å²) in [6, 6.07) is 4.28. The molecule has 4 amide bonds. The van der Waals surface area contributed by atoms with Crippen molar-refractivity contribution in [1.82, 2.24) is 30.2 Å². The van der Waals surface area contributed by atoms with E-state index in [4.69, 9.17) is 19.4 Å². The van der Waals surface area contributed by atoms with Crippen LogP contribution in [0, 0.1) is 17.8 Å². The molecule has 4 aliphatic rings. The highest BCUT2D eigenvalue weighted by Gasteiger charge is 2.62. The number of methoxy groups -OCH3 is 1. The zero-order valence-electron chi connectivity index (χ0n) is 30.1. The van der Waals surface area contributed by atoms with Gasteiger partial charge in [-0.2, -0.15) is 0 Å². The lowest BCUT2D eigenvalue weighted by Crippen LogP contribution is -2.58. The summed E-state index contributed by atoms with van der Waals surface area (Å²) in [5.74, 6) is -1.20. The molecule has 0 bridgehead atoms. The number of rotatable bonds is 18. The van der Waals surface area contributed by atoms with Crippen LogP contribution >= 0.6 is 0 Å². The number of nitrogens with one attached hydrogen (secondary N) is 3. The van der Waals surface area contributed by atoms with E-state index in [2.05, 4.69) is 15.4 Å². The number of unbranched alkanes of at least 4 members (excludes halogenated alkanes) is 2. The van der Waals surface area contributed by atoms with Crippen molar-refractivity contribution in [2.45, 2.75) is 114 Å². The average molecular weight is 743 g/mol. The second kappa shape index (κ2) is 15.4. The fourth-order valence-corrected chi connectivity index (χ4v) is 8.87. The maximum atomic E-state index is 14.3. The third-order valence-corrected chi connectivity index (χ3v) is 12.8. The molecule has 52 heavy (non-hydrogen) atoms. The number of aryl methyl sites for hydroxylation is 1. The molecule has 4 fully saturated rings. The van der Waals surface area contributed by atoms with Crippen molar-refractivity contribution in [1.29, 1.82) is 0 Å². The molecule has 0 radical (unpaired) electrons. The van der Waals surface area contributed by atoms with Gasteiger partial charge >= 0.3 is 6.09 Å². The van der Waals surface area contributed by atoms with Gasteiger partial charge in [0.1, 0.15) is 35.7 Å². The van der Waals surface area contributed by atoms with Crippen LogP contribution in [-0.4, -0.2) is 95.3 Å². The van der Waals surface area contributed by atoms with E-state index < -0.39 is 69.2 Å². The summed E-state index contributed by atoms with van der Waals surface area (Å²) in [4.78, 5) is 63.7. The summed E-state index contributed by atoms with van der Waals surface area (Å²) < 4.78 is 39.6. The van der Waals surface area contributed by atoms with Crippen molar-refractivity contribution < 1.29 is 42.2 Å².